The van der Waals surface area contributed by atoms with Gasteiger partial charge in [0, 0.05) is 12.2 Å². The molecule has 2 rings (SSSR count). The number of nitrogens with zero attached hydrogens (tertiary/aromatic N) is 1. The van der Waals surface area contributed by atoms with E-state index in [9.17, 15) is 17.6 Å². The van der Waals surface area contributed by atoms with Gasteiger partial charge in [-0.25, -0.2) is 12.8 Å². The van der Waals surface area contributed by atoms with Crippen LogP contribution in [0.2, 0.25) is 10.0 Å². The minimum absolute atomic E-state index is 0.0792. The second-order valence-corrected chi connectivity index (χ2v) is 7.97. The van der Waals surface area contributed by atoms with Crippen molar-refractivity contribution < 1.29 is 17.6 Å². The van der Waals surface area contributed by atoms with Gasteiger partial charge >= 0.3 is 0 Å². The first-order valence-electron chi connectivity index (χ1n) is 7.35. The SMILES string of the molecule is C=CCN(CC(=O)Nc1cccc(F)c1)S(=O)(=O)c1ccc(Cl)c(Cl)c1. The number of carbonyl (C=O) groups excluding carboxylic acids is 1. The van der Waals surface area contributed by atoms with E-state index < -0.39 is 28.3 Å². The van der Waals surface area contributed by atoms with Crippen molar-refractivity contribution in [2.45, 2.75) is 4.90 Å². The summed E-state index contributed by atoms with van der Waals surface area (Å²) in [5, 5.41) is 2.74. The van der Waals surface area contributed by atoms with Crippen LogP contribution in [-0.2, 0) is 14.8 Å². The van der Waals surface area contributed by atoms with Crippen LogP contribution in [-0.4, -0.2) is 31.7 Å². The highest BCUT2D eigenvalue weighted by Gasteiger charge is 2.26. The maximum absolute atomic E-state index is 13.2. The number of halogens is 3. The third-order valence-electron chi connectivity index (χ3n) is 3.29. The molecule has 0 saturated heterocycles. The Balaban J connectivity index is 2.22. The van der Waals surface area contributed by atoms with E-state index in [0.717, 1.165) is 10.4 Å². The predicted octanol–water partition coefficient (Wildman–Crippen LogP) is 3.95. The van der Waals surface area contributed by atoms with Crippen LogP contribution in [0.3, 0.4) is 0 Å². The minimum atomic E-state index is -4.01. The van der Waals surface area contributed by atoms with Gasteiger partial charge in [0.2, 0.25) is 15.9 Å². The standard InChI is InChI=1S/C17H15Cl2FN2O3S/c1-2-8-22(11-17(23)21-13-5-3-4-12(20)9-13)26(24,25)14-6-7-15(18)16(19)10-14/h2-7,9-10H,1,8,11H2,(H,21,23). The monoisotopic (exact) mass is 416 g/mol. The molecule has 9 heteroatoms. The van der Waals surface area contributed by atoms with Gasteiger partial charge in [0.05, 0.1) is 21.5 Å². The van der Waals surface area contributed by atoms with Crippen LogP contribution >= 0.6 is 23.2 Å². The highest BCUT2D eigenvalue weighted by Crippen LogP contribution is 2.26. The van der Waals surface area contributed by atoms with Crippen LogP contribution in [0.5, 0.6) is 0 Å². The molecule has 1 amide bonds. The zero-order valence-corrected chi connectivity index (χ0v) is 15.8. The zero-order chi connectivity index (χ0) is 19.3. The van der Waals surface area contributed by atoms with Crippen molar-refractivity contribution in [3.8, 4) is 0 Å². The Bertz CT molecular complexity index is 935. The quantitative estimate of drug-likeness (QED) is 0.694. The molecule has 138 valence electrons. The summed E-state index contributed by atoms with van der Waals surface area (Å²) < 4.78 is 39.6. The van der Waals surface area contributed by atoms with E-state index in [1.807, 2.05) is 0 Å². The van der Waals surface area contributed by atoms with E-state index in [0.29, 0.717) is 0 Å². The molecule has 0 heterocycles. The number of hydrogen-bond donors (Lipinski definition) is 1. The molecule has 0 aliphatic heterocycles. The number of benzene rings is 2. The van der Waals surface area contributed by atoms with Crippen molar-refractivity contribution in [1.29, 1.82) is 0 Å². The van der Waals surface area contributed by atoms with Gasteiger partial charge in [-0.2, -0.15) is 4.31 Å². The summed E-state index contributed by atoms with van der Waals surface area (Å²) in [6.45, 7) is 2.93. The van der Waals surface area contributed by atoms with Crippen molar-refractivity contribution in [1.82, 2.24) is 4.31 Å². The van der Waals surface area contributed by atoms with Crippen LogP contribution in [0.1, 0.15) is 0 Å². The molecule has 0 aliphatic rings. The smallest absolute Gasteiger partial charge is 0.243 e. The number of carbonyl (C=O) groups is 1. The van der Waals surface area contributed by atoms with Gasteiger partial charge in [-0.15, -0.1) is 6.58 Å². The van der Waals surface area contributed by atoms with E-state index in [4.69, 9.17) is 23.2 Å². The molecule has 0 fully saturated rings. The summed E-state index contributed by atoms with van der Waals surface area (Å²) in [6, 6.07) is 9.14. The maximum atomic E-state index is 13.2. The molecule has 26 heavy (non-hydrogen) atoms. The van der Waals surface area contributed by atoms with Crippen molar-refractivity contribution in [2.75, 3.05) is 18.4 Å². The summed E-state index contributed by atoms with van der Waals surface area (Å²) in [4.78, 5) is 12.1. The first-order valence-corrected chi connectivity index (χ1v) is 9.55. The maximum Gasteiger partial charge on any atom is 0.243 e. The fourth-order valence-corrected chi connectivity index (χ4v) is 3.86. The Morgan fingerprint density at radius 3 is 2.54 bits per heavy atom. The molecule has 0 bridgehead atoms. The summed E-state index contributed by atoms with van der Waals surface area (Å²) in [6.07, 6.45) is 1.35. The molecule has 0 aliphatic carbocycles. The molecular weight excluding hydrogens is 402 g/mol. The second-order valence-electron chi connectivity index (χ2n) is 5.22. The predicted molar refractivity (Wildman–Crippen MR) is 100 cm³/mol. The Morgan fingerprint density at radius 2 is 1.92 bits per heavy atom. The molecule has 2 aromatic rings. The lowest BCUT2D eigenvalue weighted by atomic mass is 10.3. The topological polar surface area (TPSA) is 66.5 Å². The van der Waals surface area contributed by atoms with Crippen LogP contribution in [0, 0.1) is 5.82 Å². The first kappa shape index (κ1) is 20.4. The first-order chi connectivity index (χ1) is 12.2. The average molecular weight is 417 g/mol. The summed E-state index contributed by atoms with van der Waals surface area (Å²) in [5.74, 6) is -1.14. The lowest BCUT2D eigenvalue weighted by Crippen LogP contribution is -2.38. The molecule has 1 N–H and O–H groups in total. The molecule has 5 nitrogen and oxygen atoms in total. The second kappa shape index (κ2) is 8.64. The van der Waals surface area contributed by atoms with Gasteiger partial charge in [0.15, 0.2) is 0 Å². The Kier molecular flexibility index (Phi) is 6.77. The zero-order valence-electron chi connectivity index (χ0n) is 13.5. The Labute approximate surface area is 161 Å². The van der Waals surface area contributed by atoms with Gasteiger partial charge in [-0.1, -0.05) is 35.3 Å². The number of amides is 1. The highest BCUT2D eigenvalue weighted by atomic mass is 35.5. The van der Waals surface area contributed by atoms with Crippen molar-refractivity contribution in [3.05, 3.63) is 71.0 Å². The van der Waals surface area contributed by atoms with Crippen LogP contribution in [0.25, 0.3) is 0 Å². The normalized spacial score (nSPS) is 11.4. The third-order valence-corrected chi connectivity index (χ3v) is 5.84. The number of hydrogen-bond acceptors (Lipinski definition) is 3. The summed E-state index contributed by atoms with van der Waals surface area (Å²) in [5.41, 5.74) is 0.223. The van der Waals surface area contributed by atoms with E-state index in [1.54, 1.807) is 0 Å². The van der Waals surface area contributed by atoms with Crippen LogP contribution in [0.4, 0.5) is 10.1 Å². The largest absolute Gasteiger partial charge is 0.325 e. The van der Waals surface area contributed by atoms with Gasteiger partial charge in [0.25, 0.3) is 0 Å². The molecular formula is C17H15Cl2FN2O3S. The molecule has 0 radical (unpaired) electrons. The molecule has 0 aromatic heterocycles. The van der Waals surface area contributed by atoms with Gasteiger partial charge in [-0.3, -0.25) is 4.79 Å². The minimum Gasteiger partial charge on any atom is -0.325 e. The van der Waals surface area contributed by atoms with Crippen LogP contribution < -0.4 is 5.32 Å². The number of rotatable bonds is 7. The number of anilines is 1. The Morgan fingerprint density at radius 1 is 1.19 bits per heavy atom. The third kappa shape index (κ3) is 5.04. The highest BCUT2D eigenvalue weighted by molar-refractivity contribution is 7.89. The number of nitrogens with one attached hydrogen (secondary N) is 1. The summed E-state index contributed by atoms with van der Waals surface area (Å²) >= 11 is 11.7. The molecule has 0 saturated carbocycles. The van der Waals surface area contributed by atoms with Gasteiger partial charge < -0.3 is 5.32 Å². The van der Waals surface area contributed by atoms with E-state index in [1.165, 1.54) is 42.5 Å². The molecule has 0 spiro atoms. The molecule has 0 unspecified atom stereocenters. The van der Waals surface area contributed by atoms with Gasteiger partial charge in [-0.05, 0) is 36.4 Å². The van der Waals surface area contributed by atoms with Crippen LogP contribution in [0.15, 0.2) is 60.0 Å². The molecule has 2 aromatic carbocycles. The van der Waals surface area contributed by atoms with Crippen molar-refractivity contribution >= 4 is 44.8 Å². The van der Waals surface area contributed by atoms with E-state index in [2.05, 4.69) is 11.9 Å². The van der Waals surface area contributed by atoms with Crippen molar-refractivity contribution in [2.24, 2.45) is 0 Å². The fourth-order valence-electron chi connectivity index (χ4n) is 2.10. The lowest BCUT2D eigenvalue weighted by molar-refractivity contribution is -0.116. The number of sulfonamides is 1. The lowest BCUT2D eigenvalue weighted by Gasteiger charge is -2.20. The fraction of sp³-hybridized carbons (Fsp3) is 0.118. The van der Waals surface area contributed by atoms with Gasteiger partial charge in [0.1, 0.15) is 5.82 Å². The summed E-state index contributed by atoms with van der Waals surface area (Å²) in [7, 11) is -4.01. The molecule has 0 atom stereocenters. The Hall–Kier alpha value is -1.93. The van der Waals surface area contributed by atoms with E-state index in [-0.39, 0.29) is 27.2 Å². The van der Waals surface area contributed by atoms with E-state index >= 15 is 0 Å². The van der Waals surface area contributed by atoms with Crippen molar-refractivity contribution in [3.63, 3.8) is 0 Å². The average Bonchev–Trinajstić information content (AvgIpc) is 2.56.